The first kappa shape index (κ1) is 22.3. The van der Waals surface area contributed by atoms with E-state index in [-0.39, 0.29) is 34.4 Å². The number of benzene rings is 1. The molecular weight excluding hydrogens is 425 g/mol. The van der Waals surface area contributed by atoms with Crippen LogP contribution in [0, 0.1) is 11.2 Å². The third kappa shape index (κ3) is 4.68. The Kier molecular flexibility index (Phi) is 6.60. The maximum Gasteiger partial charge on any atom is 0.267 e. The van der Waals surface area contributed by atoms with Gasteiger partial charge in [0.2, 0.25) is 0 Å². The summed E-state index contributed by atoms with van der Waals surface area (Å²) in [6.45, 7) is 3.49. The van der Waals surface area contributed by atoms with Crippen molar-refractivity contribution in [3.63, 3.8) is 0 Å². The molecule has 1 amide bonds. The van der Waals surface area contributed by atoms with Crippen LogP contribution < -0.4 is 16.4 Å². The number of amides is 1. The molecule has 4 rings (SSSR count). The first-order chi connectivity index (χ1) is 16.0. The van der Waals surface area contributed by atoms with Gasteiger partial charge in [0, 0.05) is 32.5 Å². The van der Waals surface area contributed by atoms with Crippen molar-refractivity contribution in [1.82, 2.24) is 19.3 Å². The molecule has 0 aliphatic heterocycles. The number of fused-ring (bicyclic) bond motifs is 2. The fraction of sp³-hybridized carbons (Fsp3) is 0.250. The van der Waals surface area contributed by atoms with Gasteiger partial charge in [0.1, 0.15) is 22.6 Å². The smallest absolute Gasteiger partial charge is 0.267 e. The number of pyridine rings is 2. The monoisotopic (exact) mass is 449 g/mol. The zero-order valence-corrected chi connectivity index (χ0v) is 18.2. The van der Waals surface area contributed by atoms with Gasteiger partial charge in [-0.15, -0.1) is 0 Å². The lowest BCUT2D eigenvalue weighted by atomic mass is 10.1. The summed E-state index contributed by atoms with van der Waals surface area (Å²) in [6.07, 6.45) is 2.21. The van der Waals surface area contributed by atoms with Gasteiger partial charge in [0.15, 0.2) is 0 Å². The molecule has 0 atom stereocenters. The average molecular weight is 449 g/mol. The van der Waals surface area contributed by atoms with E-state index in [4.69, 9.17) is 10.1 Å². The van der Waals surface area contributed by atoms with Gasteiger partial charge in [-0.05, 0) is 49.2 Å². The lowest BCUT2D eigenvalue weighted by Gasteiger charge is -2.15. The average Bonchev–Trinajstić information content (AvgIpc) is 2.82. The van der Waals surface area contributed by atoms with Crippen LogP contribution in [0.5, 0.6) is 0 Å². The first-order valence-corrected chi connectivity index (χ1v) is 10.7. The van der Waals surface area contributed by atoms with Crippen LogP contribution >= 0.6 is 0 Å². The van der Waals surface area contributed by atoms with E-state index in [2.05, 4.69) is 10.3 Å². The standard InChI is InChI=1S/C24H24FN5O3/c1-2-33-13-5-12-30-21(26)18(23(31)27-15-16-7-9-17(25)10-8-16)14-19-22(30)28-20-6-3-4-11-29(20)24(19)32/h3-4,6-11,14,26H,2,5,12-13,15H2,1H3,(H,27,31). The zero-order chi connectivity index (χ0) is 23.4. The van der Waals surface area contributed by atoms with Crippen molar-refractivity contribution in [2.45, 2.75) is 26.4 Å². The van der Waals surface area contributed by atoms with Crippen molar-refractivity contribution in [2.24, 2.45) is 0 Å². The summed E-state index contributed by atoms with van der Waals surface area (Å²) in [7, 11) is 0. The van der Waals surface area contributed by atoms with Gasteiger partial charge in [0.05, 0.1) is 10.9 Å². The fourth-order valence-corrected chi connectivity index (χ4v) is 3.63. The lowest BCUT2D eigenvalue weighted by Crippen LogP contribution is -2.35. The molecular formula is C24H24FN5O3. The van der Waals surface area contributed by atoms with Gasteiger partial charge < -0.3 is 14.6 Å². The largest absolute Gasteiger partial charge is 0.382 e. The Morgan fingerprint density at radius 1 is 1.21 bits per heavy atom. The van der Waals surface area contributed by atoms with Crippen molar-refractivity contribution in [3.8, 4) is 0 Å². The van der Waals surface area contributed by atoms with Crippen LogP contribution in [0.4, 0.5) is 4.39 Å². The van der Waals surface area contributed by atoms with Gasteiger partial charge >= 0.3 is 0 Å². The highest BCUT2D eigenvalue weighted by Gasteiger charge is 2.17. The van der Waals surface area contributed by atoms with Crippen LogP contribution in [-0.2, 0) is 17.8 Å². The lowest BCUT2D eigenvalue weighted by molar-refractivity contribution is 0.0948. The molecule has 170 valence electrons. The molecule has 33 heavy (non-hydrogen) atoms. The van der Waals surface area contributed by atoms with Crippen LogP contribution in [0.2, 0.25) is 0 Å². The van der Waals surface area contributed by atoms with E-state index in [1.807, 2.05) is 6.92 Å². The molecule has 8 nitrogen and oxygen atoms in total. The minimum Gasteiger partial charge on any atom is -0.382 e. The molecule has 0 saturated carbocycles. The highest BCUT2D eigenvalue weighted by molar-refractivity contribution is 5.96. The van der Waals surface area contributed by atoms with E-state index in [9.17, 15) is 14.0 Å². The summed E-state index contributed by atoms with van der Waals surface area (Å²) in [4.78, 5) is 30.7. The van der Waals surface area contributed by atoms with Gasteiger partial charge in [-0.3, -0.25) is 19.4 Å². The van der Waals surface area contributed by atoms with Gasteiger partial charge in [0.25, 0.3) is 11.5 Å². The van der Waals surface area contributed by atoms with E-state index >= 15 is 0 Å². The Morgan fingerprint density at radius 3 is 2.76 bits per heavy atom. The number of ether oxygens (including phenoxy) is 1. The molecule has 0 aliphatic carbocycles. The molecule has 0 aliphatic rings. The van der Waals surface area contributed by atoms with Crippen molar-refractivity contribution in [3.05, 3.63) is 87.5 Å². The molecule has 1 aromatic carbocycles. The number of halogens is 1. The molecule has 0 spiro atoms. The second-order valence-electron chi connectivity index (χ2n) is 7.50. The molecule has 0 radical (unpaired) electrons. The maximum absolute atomic E-state index is 13.2. The third-order valence-electron chi connectivity index (χ3n) is 5.30. The van der Waals surface area contributed by atoms with Gasteiger partial charge in [-0.2, -0.15) is 0 Å². The maximum atomic E-state index is 13.2. The van der Waals surface area contributed by atoms with Crippen molar-refractivity contribution < 1.29 is 13.9 Å². The predicted octanol–water partition coefficient (Wildman–Crippen LogP) is 2.62. The minimum absolute atomic E-state index is 0.0391. The molecule has 0 fully saturated rings. The second-order valence-corrected chi connectivity index (χ2v) is 7.50. The Labute approximate surface area is 188 Å². The number of nitrogens with zero attached hydrogens (tertiary/aromatic N) is 3. The second kappa shape index (κ2) is 9.74. The molecule has 9 heteroatoms. The van der Waals surface area contributed by atoms with Crippen molar-refractivity contribution >= 4 is 22.6 Å². The van der Waals surface area contributed by atoms with E-state index in [1.54, 1.807) is 41.1 Å². The van der Waals surface area contributed by atoms with E-state index in [0.717, 1.165) is 5.56 Å². The molecule has 3 heterocycles. The quantitative estimate of drug-likeness (QED) is 0.319. The molecule has 3 aromatic heterocycles. The molecule has 4 aromatic rings. The van der Waals surface area contributed by atoms with Gasteiger partial charge in [-0.25, -0.2) is 9.37 Å². The summed E-state index contributed by atoms with van der Waals surface area (Å²) in [5.41, 5.74) is 1.24. The molecule has 0 saturated heterocycles. The highest BCUT2D eigenvalue weighted by atomic mass is 19.1. The van der Waals surface area contributed by atoms with Crippen LogP contribution in [0.15, 0.2) is 59.5 Å². The summed E-state index contributed by atoms with van der Waals surface area (Å²) < 4.78 is 21.5. The fourth-order valence-electron chi connectivity index (χ4n) is 3.63. The number of nitrogens with one attached hydrogen (secondary N) is 2. The highest BCUT2D eigenvalue weighted by Crippen LogP contribution is 2.11. The van der Waals surface area contributed by atoms with Crippen LogP contribution in [0.25, 0.3) is 16.7 Å². The summed E-state index contributed by atoms with van der Waals surface area (Å²) in [5.74, 6) is -0.858. The number of aromatic nitrogens is 3. The summed E-state index contributed by atoms with van der Waals surface area (Å²) >= 11 is 0. The Morgan fingerprint density at radius 2 is 2.00 bits per heavy atom. The molecule has 2 N–H and O–H groups in total. The number of carbonyl (C=O) groups excluding carboxylic acids is 1. The predicted molar refractivity (Wildman–Crippen MR) is 121 cm³/mol. The van der Waals surface area contributed by atoms with Crippen LogP contribution in [0.3, 0.4) is 0 Å². The number of aryl methyl sites for hydroxylation is 1. The van der Waals surface area contributed by atoms with E-state index in [1.165, 1.54) is 22.6 Å². The number of rotatable bonds is 8. The topological polar surface area (TPSA) is 101 Å². The zero-order valence-electron chi connectivity index (χ0n) is 18.2. The molecule has 0 bridgehead atoms. The van der Waals surface area contributed by atoms with Crippen molar-refractivity contribution in [2.75, 3.05) is 13.2 Å². The van der Waals surface area contributed by atoms with Crippen molar-refractivity contribution in [1.29, 1.82) is 5.41 Å². The number of carbonyl (C=O) groups is 1. The first-order valence-electron chi connectivity index (χ1n) is 10.7. The Balaban J connectivity index is 1.77. The third-order valence-corrected chi connectivity index (χ3v) is 5.30. The normalized spacial score (nSPS) is 11.2. The van der Waals surface area contributed by atoms with E-state index in [0.29, 0.717) is 37.5 Å². The Hall–Kier alpha value is -3.85. The summed E-state index contributed by atoms with van der Waals surface area (Å²) in [5, 5.41) is 11.7. The van der Waals surface area contributed by atoms with Crippen LogP contribution in [-0.4, -0.2) is 33.1 Å². The number of hydrogen-bond acceptors (Lipinski definition) is 5. The van der Waals surface area contributed by atoms with E-state index < -0.39 is 5.91 Å². The summed E-state index contributed by atoms with van der Waals surface area (Å²) in [6, 6.07) is 12.4. The van der Waals surface area contributed by atoms with Crippen LogP contribution in [0.1, 0.15) is 29.3 Å². The minimum atomic E-state index is -0.498. The van der Waals surface area contributed by atoms with Gasteiger partial charge in [-0.1, -0.05) is 18.2 Å². The number of hydrogen-bond donors (Lipinski definition) is 2. The molecule has 0 unspecified atom stereocenters. The Bertz CT molecular complexity index is 1430. The SMILES string of the molecule is CCOCCCn1c(=N)c(C(=O)NCc2ccc(F)cc2)cc2c(=O)n3ccccc3nc21.